The first-order chi connectivity index (χ1) is 7.81. The maximum absolute atomic E-state index is 5.90. The van der Waals surface area contributed by atoms with Crippen molar-refractivity contribution in [2.24, 2.45) is 11.8 Å². The first-order valence-electron chi connectivity index (χ1n) is 7.20. The van der Waals surface area contributed by atoms with Gasteiger partial charge in [-0.25, -0.2) is 0 Å². The monoisotopic (exact) mass is 223 g/mol. The number of hydrogen-bond acceptors (Lipinski definition) is 2. The van der Waals surface area contributed by atoms with Crippen LogP contribution in [0.4, 0.5) is 0 Å². The molecular formula is C14H25NO. The highest BCUT2D eigenvalue weighted by Gasteiger charge is 2.40. The van der Waals surface area contributed by atoms with E-state index in [-0.39, 0.29) is 0 Å². The molecule has 0 aromatic carbocycles. The fraction of sp³-hybridized carbons (Fsp3) is 1.00. The normalized spacial score (nSPS) is 47.4. The van der Waals surface area contributed by atoms with Crippen molar-refractivity contribution in [3.63, 3.8) is 0 Å². The van der Waals surface area contributed by atoms with Crippen molar-refractivity contribution in [2.75, 3.05) is 6.54 Å². The van der Waals surface area contributed by atoms with Gasteiger partial charge < -0.3 is 10.1 Å². The Labute approximate surface area is 99.1 Å². The van der Waals surface area contributed by atoms with E-state index < -0.39 is 0 Å². The highest BCUT2D eigenvalue weighted by Crippen LogP contribution is 2.38. The minimum absolute atomic E-state index is 0.597. The summed E-state index contributed by atoms with van der Waals surface area (Å²) in [5, 5.41) is 3.79. The van der Waals surface area contributed by atoms with Crippen LogP contribution < -0.4 is 5.32 Å². The van der Waals surface area contributed by atoms with E-state index in [0.29, 0.717) is 12.2 Å². The molecule has 0 aromatic rings. The lowest BCUT2D eigenvalue weighted by atomic mass is 9.86. The molecule has 1 saturated carbocycles. The van der Waals surface area contributed by atoms with E-state index in [9.17, 15) is 0 Å². The molecule has 3 fully saturated rings. The smallest absolute Gasteiger partial charge is 0.0621 e. The van der Waals surface area contributed by atoms with Crippen LogP contribution in [0.1, 0.15) is 51.9 Å². The third-order valence-corrected chi connectivity index (χ3v) is 4.92. The molecular weight excluding hydrogens is 198 g/mol. The van der Waals surface area contributed by atoms with Crippen molar-refractivity contribution < 1.29 is 4.74 Å². The summed E-state index contributed by atoms with van der Waals surface area (Å²) in [5.74, 6) is 1.78. The Morgan fingerprint density at radius 3 is 2.50 bits per heavy atom. The van der Waals surface area contributed by atoms with E-state index in [4.69, 9.17) is 4.74 Å². The van der Waals surface area contributed by atoms with Crippen LogP contribution in [0.3, 0.4) is 0 Å². The van der Waals surface area contributed by atoms with Gasteiger partial charge in [-0.1, -0.05) is 6.92 Å². The van der Waals surface area contributed by atoms with E-state index in [0.717, 1.165) is 17.9 Å². The van der Waals surface area contributed by atoms with Crippen LogP contribution in [0, 0.1) is 11.8 Å². The Morgan fingerprint density at radius 1 is 1.06 bits per heavy atom. The Hall–Kier alpha value is -0.0800. The Balaban J connectivity index is 1.40. The molecule has 1 aliphatic carbocycles. The van der Waals surface area contributed by atoms with Gasteiger partial charge in [0.25, 0.3) is 0 Å². The minimum Gasteiger partial charge on any atom is -0.375 e. The van der Waals surface area contributed by atoms with Gasteiger partial charge >= 0.3 is 0 Å². The Morgan fingerprint density at radius 2 is 1.88 bits per heavy atom. The van der Waals surface area contributed by atoms with Crippen molar-refractivity contribution in [1.29, 1.82) is 0 Å². The number of nitrogens with one attached hydrogen (secondary N) is 1. The van der Waals surface area contributed by atoms with Gasteiger partial charge in [0, 0.05) is 18.5 Å². The number of ether oxygens (including phenoxy) is 1. The molecule has 0 amide bonds. The van der Waals surface area contributed by atoms with Gasteiger partial charge in [0.2, 0.25) is 0 Å². The summed E-state index contributed by atoms with van der Waals surface area (Å²) in [6, 6.07) is 0.801. The fourth-order valence-corrected chi connectivity index (χ4v) is 3.74. The summed E-state index contributed by atoms with van der Waals surface area (Å²) in [7, 11) is 0. The fourth-order valence-electron chi connectivity index (χ4n) is 3.74. The maximum Gasteiger partial charge on any atom is 0.0621 e. The summed E-state index contributed by atoms with van der Waals surface area (Å²) >= 11 is 0. The zero-order valence-corrected chi connectivity index (χ0v) is 10.5. The van der Waals surface area contributed by atoms with Crippen LogP contribution in [0.15, 0.2) is 0 Å². The number of hydrogen-bond donors (Lipinski definition) is 1. The summed E-state index contributed by atoms with van der Waals surface area (Å²) in [6.07, 6.45) is 10.8. The van der Waals surface area contributed by atoms with Crippen LogP contribution in [0.2, 0.25) is 0 Å². The lowest BCUT2D eigenvalue weighted by Crippen LogP contribution is -2.38. The molecule has 2 aliphatic heterocycles. The maximum atomic E-state index is 5.90. The number of fused-ring (bicyclic) bond motifs is 2. The molecule has 3 aliphatic rings. The van der Waals surface area contributed by atoms with Crippen molar-refractivity contribution in [1.82, 2.24) is 5.32 Å². The third kappa shape index (κ3) is 2.28. The Bertz CT molecular complexity index is 235. The van der Waals surface area contributed by atoms with Crippen molar-refractivity contribution in [3.05, 3.63) is 0 Å². The topological polar surface area (TPSA) is 21.3 Å². The predicted octanol–water partition coefficient (Wildman–Crippen LogP) is 2.72. The summed E-state index contributed by atoms with van der Waals surface area (Å²) in [6.45, 7) is 3.60. The van der Waals surface area contributed by atoms with E-state index in [2.05, 4.69) is 12.2 Å². The van der Waals surface area contributed by atoms with Crippen LogP contribution in [-0.4, -0.2) is 24.8 Å². The molecule has 3 unspecified atom stereocenters. The van der Waals surface area contributed by atoms with Gasteiger partial charge in [-0.05, 0) is 50.9 Å². The van der Waals surface area contributed by atoms with Crippen LogP contribution in [-0.2, 0) is 4.74 Å². The lowest BCUT2D eigenvalue weighted by Gasteiger charge is -2.29. The highest BCUT2D eigenvalue weighted by molar-refractivity contribution is 4.91. The van der Waals surface area contributed by atoms with Gasteiger partial charge in [0.1, 0.15) is 0 Å². The molecule has 3 rings (SSSR count). The van der Waals surface area contributed by atoms with Gasteiger partial charge in [-0.3, -0.25) is 0 Å². The third-order valence-electron chi connectivity index (χ3n) is 4.92. The molecule has 2 bridgehead atoms. The summed E-state index contributed by atoms with van der Waals surface area (Å²) < 4.78 is 5.90. The van der Waals surface area contributed by atoms with Crippen LogP contribution in [0.5, 0.6) is 0 Å². The zero-order valence-electron chi connectivity index (χ0n) is 10.5. The lowest BCUT2D eigenvalue weighted by molar-refractivity contribution is 0.0915. The van der Waals surface area contributed by atoms with E-state index in [1.54, 1.807) is 0 Å². The van der Waals surface area contributed by atoms with Crippen LogP contribution in [0.25, 0.3) is 0 Å². The van der Waals surface area contributed by atoms with Crippen molar-refractivity contribution in [3.8, 4) is 0 Å². The molecule has 16 heavy (non-hydrogen) atoms. The second-order valence-electron chi connectivity index (χ2n) is 6.23. The highest BCUT2D eigenvalue weighted by atomic mass is 16.5. The first-order valence-corrected chi connectivity index (χ1v) is 7.20. The summed E-state index contributed by atoms with van der Waals surface area (Å²) in [5.41, 5.74) is 0. The SMILES string of the molecule is CC1CCC(NCC2CC3CCC2O3)CC1. The van der Waals surface area contributed by atoms with Gasteiger partial charge in [-0.2, -0.15) is 0 Å². The average Bonchev–Trinajstić information content (AvgIpc) is 2.90. The molecule has 92 valence electrons. The average molecular weight is 223 g/mol. The van der Waals surface area contributed by atoms with Gasteiger partial charge in [0.15, 0.2) is 0 Å². The molecule has 1 N–H and O–H groups in total. The number of rotatable bonds is 3. The second kappa shape index (κ2) is 4.66. The molecule has 2 nitrogen and oxygen atoms in total. The molecule has 0 spiro atoms. The quantitative estimate of drug-likeness (QED) is 0.794. The predicted molar refractivity (Wildman–Crippen MR) is 65.4 cm³/mol. The van der Waals surface area contributed by atoms with Crippen LogP contribution >= 0.6 is 0 Å². The zero-order chi connectivity index (χ0) is 11.0. The Kier molecular flexibility index (Phi) is 3.21. The van der Waals surface area contributed by atoms with Crippen molar-refractivity contribution in [2.45, 2.75) is 70.1 Å². The molecule has 3 atom stereocenters. The van der Waals surface area contributed by atoms with E-state index in [1.165, 1.54) is 51.5 Å². The van der Waals surface area contributed by atoms with Gasteiger partial charge in [-0.15, -0.1) is 0 Å². The summed E-state index contributed by atoms with van der Waals surface area (Å²) in [4.78, 5) is 0. The molecule has 2 heteroatoms. The molecule has 0 aromatic heterocycles. The van der Waals surface area contributed by atoms with E-state index >= 15 is 0 Å². The second-order valence-corrected chi connectivity index (χ2v) is 6.23. The largest absolute Gasteiger partial charge is 0.375 e. The van der Waals surface area contributed by atoms with Gasteiger partial charge in [0.05, 0.1) is 12.2 Å². The minimum atomic E-state index is 0.597. The van der Waals surface area contributed by atoms with E-state index in [1.807, 2.05) is 0 Å². The van der Waals surface area contributed by atoms with Crippen molar-refractivity contribution >= 4 is 0 Å². The first kappa shape index (κ1) is 11.0. The molecule has 0 radical (unpaired) electrons. The molecule has 2 heterocycles. The molecule has 2 saturated heterocycles. The standard InChI is InChI=1S/C14H25NO/c1-10-2-4-12(5-3-10)15-9-11-8-13-6-7-14(11)16-13/h10-15H,2-9H2,1H3.